The number of rotatable bonds is 2. The molecule has 0 aliphatic carbocycles. The van der Waals surface area contributed by atoms with Crippen molar-refractivity contribution < 1.29 is 0 Å². The van der Waals surface area contributed by atoms with E-state index in [9.17, 15) is 0 Å². The molecule has 0 radical (unpaired) electrons. The molecule has 0 aromatic carbocycles. The molecule has 76 valence electrons. The SMILES string of the molecule is Nc1nc(Cl)nc(Sc2ncccn2)n1. The van der Waals surface area contributed by atoms with Gasteiger partial charge in [0.05, 0.1) is 0 Å². The molecule has 8 heteroatoms. The molecule has 0 saturated carbocycles. The van der Waals surface area contributed by atoms with Crippen molar-refractivity contribution in [3.8, 4) is 0 Å². The highest BCUT2D eigenvalue weighted by molar-refractivity contribution is 7.99. The average molecular weight is 241 g/mol. The maximum atomic E-state index is 5.62. The smallest absolute Gasteiger partial charge is 0.228 e. The molecule has 0 bridgehead atoms. The van der Waals surface area contributed by atoms with Crippen molar-refractivity contribution in [1.29, 1.82) is 0 Å². The lowest BCUT2D eigenvalue weighted by Crippen LogP contribution is -1.99. The summed E-state index contributed by atoms with van der Waals surface area (Å²) in [6, 6.07) is 1.72. The molecule has 0 amide bonds. The second kappa shape index (κ2) is 4.37. The minimum absolute atomic E-state index is 0.0564. The quantitative estimate of drug-likeness (QED) is 0.785. The Balaban J connectivity index is 2.25. The minimum Gasteiger partial charge on any atom is -0.368 e. The number of hydrogen-bond acceptors (Lipinski definition) is 7. The van der Waals surface area contributed by atoms with Gasteiger partial charge in [0.15, 0.2) is 5.16 Å². The second-order valence-corrected chi connectivity index (χ2v) is 3.65. The van der Waals surface area contributed by atoms with Crippen LogP contribution in [0.5, 0.6) is 0 Å². The monoisotopic (exact) mass is 240 g/mol. The minimum atomic E-state index is 0.0564. The predicted molar refractivity (Wildman–Crippen MR) is 55.4 cm³/mol. The summed E-state index contributed by atoms with van der Waals surface area (Å²) >= 11 is 6.79. The summed E-state index contributed by atoms with van der Waals surface area (Å²) in [6.45, 7) is 0. The van der Waals surface area contributed by atoms with E-state index in [2.05, 4.69) is 24.9 Å². The van der Waals surface area contributed by atoms with E-state index in [4.69, 9.17) is 17.3 Å². The van der Waals surface area contributed by atoms with Crippen molar-refractivity contribution in [2.24, 2.45) is 0 Å². The van der Waals surface area contributed by atoms with Gasteiger partial charge >= 0.3 is 0 Å². The molecular weight excluding hydrogens is 236 g/mol. The van der Waals surface area contributed by atoms with Gasteiger partial charge in [0, 0.05) is 12.4 Å². The standard InChI is InChI=1S/C7H5ClN6S/c8-4-12-5(9)14-7(13-4)15-6-10-2-1-3-11-6/h1-3H,(H2,9,12,13,14). The first kappa shape index (κ1) is 10.1. The lowest BCUT2D eigenvalue weighted by Gasteiger charge is -1.98. The topological polar surface area (TPSA) is 90.5 Å². The van der Waals surface area contributed by atoms with E-state index in [1.807, 2.05) is 0 Å². The van der Waals surface area contributed by atoms with Crippen molar-refractivity contribution in [2.45, 2.75) is 10.3 Å². The second-order valence-electron chi connectivity index (χ2n) is 2.38. The van der Waals surface area contributed by atoms with Crippen LogP contribution in [-0.4, -0.2) is 24.9 Å². The van der Waals surface area contributed by atoms with Crippen LogP contribution in [0, 0.1) is 0 Å². The highest BCUT2D eigenvalue weighted by Gasteiger charge is 2.05. The van der Waals surface area contributed by atoms with Gasteiger partial charge < -0.3 is 5.73 Å². The van der Waals surface area contributed by atoms with E-state index in [0.717, 1.165) is 0 Å². The molecule has 0 spiro atoms. The molecule has 2 aromatic rings. The summed E-state index contributed by atoms with van der Waals surface area (Å²) < 4.78 is 0. The first-order chi connectivity index (χ1) is 7.24. The van der Waals surface area contributed by atoms with Crippen LogP contribution in [0.3, 0.4) is 0 Å². The predicted octanol–water partition coefficient (Wildman–Crippen LogP) is 1.05. The van der Waals surface area contributed by atoms with Crippen molar-refractivity contribution in [3.05, 3.63) is 23.7 Å². The fourth-order valence-electron chi connectivity index (χ4n) is 0.812. The maximum absolute atomic E-state index is 5.62. The average Bonchev–Trinajstić information content (AvgIpc) is 2.17. The van der Waals surface area contributed by atoms with Gasteiger partial charge in [0.1, 0.15) is 0 Å². The Hall–Kier alpha value is -1.47. The summed E-state index contributed by atoms with van der Waals surface area (Å²) in [7, 11) is 0. The lowest BCUT2D eigenvalue weighted by atomic mass is 10.7. The number of nitrogens with zero attached hydrogens (tertiary/aromatic N) is 5. The third-order valence-corrected chi connectivity index (χ3v) is 2.26. The summed E-state index contributed by atoms with van der Waals surface area (Å²) in [5.41, 5.74) is 5.41. The van der Waals surface area contributed by atoms with Crippen LogP contribution in [0.25, 0.3) is 0 Å². The van der Waals surface area contributed by atoms with Gasteiger partial charge in [-0.2, -0.15) is 15.0 Å². The van der Waals surface area contributed by atoms with Gasteiger partial charge in [0.25, 0.3) is 0 Å². The van der Waals surface area contributed by atoms with Gasteiger partial charge in [-0.3, -0.25) is 0 Å². The Kier molecular flexibility index (Phi) is 2.93. The first-order valence-electron chi connectivity index (χ1n) is 3.86. The van der Waals surface area contributed by atoms with Crippen LogP contribution in [0.15, 0.2) is 28.8 Å². The number of nitrogens with two attached hydrogens (primary N) is 1. The zero-order valence-electron chi connectivity index (χ0n) is 7.33. The van der Waals surface area contributed by atoms with E-state index in [1.165, 1.54) is 11.8 Å². The fraction of sp³-hybridized carbons (Fsp3) is 0. The normalized spacial score (nSPS) is 10.2. The molecule has 0 fully saturated rings. The van der Waals surface area contributed by atoms with Crippen LogP contribution in [0.4, 0.5) is 5.95 Å². The zero-order valence-corrected chi connectivity index (χ0v) is 8.90. The van der Waals surface area contributed by atoms with Crippen LogP contribution in [0.2, 0.25) is 5.28 Å². The molecule has 0 aliphatic heterocycles. The van der Waals surface area contributed by atoms with Gasteiger partial charge in [-0.1, -0.05) is 0 Å². The Morgan fingerprint density at radius 3 is 2.47 bits per heavy atom. The van der Waals surface area contributed by atoms with Crippen LogP contribution in [-0.2, 0) is 0 Å². The molecule has 0 saturated heterocycles. The molecule has 2 aromatic heterocycles. The first-order valence-corrected chi connectivity index (χ1v) is 5.05. The van der Waals surface area contributed by atoms with Crippen molar-refractivity contribution in [1.82, 2.24) is 24.9 Å². The zero-order chi connectivity index (χ0) is 10.7. The van der Waals surface area contributed by atoms with E-state index >= 15 is 0 Å². The van der Waals surface area contributed by atoms with Crippen LogP contribution >= 0.6 is 23.4 Å². The molecule has 2 heterocycles. The van der Waals surface area contributed by atoms with E-state index in [-0.39, 0.29) is 11.2 Å². The Morgan fingerprint density at radius 2 is 1.80 bits per heavy atom. The Morgan fingerprint density at radius 1 is 1.07 bits per heavy atom. The molecule has 0 aliphatic rings. The van der Waals surface area contributed by atoms with Crippen molar-refractivity contribution in [2.75, 3.05) is 5.73 Å². The van der Waals surface area contributed by atoms with Crippen LogP contribution in [0.1, 0.15) is 0 Å². The van der Waals surface area contributed by atoms with Crippen molar-refractivity contribution >= 4 is 29.3 Å². The van der Waals surface area contributed by atoms with E-state index < -0.39 is 0 Å². The number of halogens is 1. The Bertz CT molecular complexity index is 444. The largest absolute Gasteiger partial charge is 0.368 e. The molecule has 6 nitrogen and oxygen atoms in total. The van der Waals surface area contributed by atoms with Crippen LogP contribution < -0.4 is 5.73 Å². The molecular formula is C7H5ClN6S. The number of nitrogen functional groups attached to an aromatic ring is 1. The van der Waals surface area contributed by atoms with Gasteiger partial charge in [-0.15, -0.1) is 0 Å². The van der Waals surface area contributed by atoms with E-state index in [0.29, 0.717) is 10.3 Å². The van der Waals surface area contributed by atoms with Crippen molar-refractivity contribution in [3.63, 3.8) is 0 Å². The van der Waals surface area contributed by atoms with Gasteiger partial charge in [-0.05, 0) is 29.4 Å². The summed E-state index contributed by atoms with van der Waals surface area (Å²) in [6.07, 6.45) is 3.25. The maximum Gasteiger partial charge on any atom is 0.228 e. The number of hydrogen-bond donors (Lipinski definition) is 1. The third-order valence-electron chi connectivity index (χ3n) is 1.33. The molecule has 2 rings (SSSR count). The third kappa shape index (κ3) is 2.74. The number of aromatic nitrogens is 5. The highest BCUT2D eigenvalue weighted by atomic mass is 35.5. The van der Waals surface area contributed by atoms with Gasteiger partial charge in [-0.25, -0.2) is 9.97 Å². The molecule has 0 unspecified atom stereocenters. The Labute approximate surface area is 94.4 Å². The summed E-state index contributed by atoms with van der Waals surface area (Å²) in [5, 5.41) is 0.957. The molecule has 0 atom stereocenters. The number of anilines is 1. The molecule has 2 N–H and O–H groups in total. The molecule has 15 heavy (non-hydrogen) atoms. The van der Waals surface area contributed by atoms with Gasteiger partial charge in [0.2, 0.25) is 16.4 Å². The fourth-order valence-corrected chi connectivity index (χ4v) is 1.69. The highest BCUT2D eigenvalue weighted by Crippen LogP contribution is 2.21. The lowest BCUT2D eigenvalue weighted by molar-refractivity contribution is 0.898. The summed E-state index contributed by atoms with van der Waals surface area (Å²) in [4.78, 5) is 19.4. The summed E-state index contributed by atoms with van der Waals surface area (Å²) in [5.74, 6) is 0.0773. The van der Waals surface area contributed by atoms with E-state index in [1.54, 1.807) is 18.5 Å².